The van der Waals surface area contributed by atoms with Crippen LogP contribution in [0.5, 0.6) is 5.75 Å². The van der Waals surface area contributed by atoms with Gasteiger partial charge in [-0.15, -0.1) is 12.6 Å². The number of thiol groups is 1. The Morgan fingerprint density at radius 1 is 1.42 bits per heavy atom. The van der Waals surface area contributed by atoms with E-state index in [9.17, 15) is 9.18 Å². The van der Waals surface area contributed by atoms with Crippen molar-refractivity contribution < 1.29 is 13.9 Å². The highest BCUT2D eigenvalue weighted by atomic mass is 32.2. The van der Waals surface area contributed by atoms with Crippen molar-refractivity contribution in [2.45, 2.75) is 11.4 Å². The summed E-state index contributed by atoms with van der Waals surface area (Å²) in [5, 5.41) is 7.01. The van der Waals surface area contributed by atoms with Gasteiger partial charge in [-0.05, 0) is 17.5 Å². The van der Waals surface area contributed by atoms with Gasteiger partial charge in [0.2, 0.25) is 0 Å². The second-order valence-electron chi connectivity index (χ2n) is 5.09. The van der Waals surface area contributed by atoms with Crippen LogP contribution in [0.1, 0.15) is 5.56 Å². The Balaban J connectivity index is 2.25. The van der Waals surface area contributed by atoms with Gasteiger partial charge >= 0.3 is 0 Å². The Hall–Kier alpha value is -2.52. The molecule has 2 aromatic rings. The topological polar surface area (TPSA) is 77.8 Å². The van der Waals surface area contributed by atoms with Crippen LogP contribution in [0.15, 0.2) is 52.4 Å². The molecule has 2 aromatic carbocycles. The van der Waals surface area contributed by atoms with Gasteiger partial charge in [0.25, 0.3) is 6.47 Å². The fourth-order valence-corrected chi connectivity index (χ4v) is 2.95. The van der Waals surface area contributed by atoms with E-state index in [4.69, 9.17) is 10.1 Å². The summed E-state index contributed by atoms with van der Waals surface area (Å²) in [5.74, 6) is -0.263. The van der Waals surface area contributed by atoms with Gasteiger partial charge in [-0.3, -0.25) is 10.2 Å². The minimum absolute atomic E-state index is 0.146. The molecule has 0 radical (unpaired) electrons. The smallest absolute Gasteiger partial charge is 0.298 e. The van der Waals surface area contributed by atoms with Crippen molar-refractivity contribution in [1.29, 1.82) is 5.41 Å². The highest BCUT2D eigenvalue weighted by Crippen LogP contribution is 2.34. The van der Waals surface area contributed by atoms with Crippen LogP contribution >= 0.6 is 24.6 Å². The first-order chi connectivity index (χ1) is 12.5. The molecule has 0 saturated heterocycles. The molecule has 9 heteroatoms. The maximum Gasteiger partial charge on any atom is 0.298 e. The summed E-state index contributed by atoms with van der Waals surface area (Å²) >= 11 is 4.91. The molecule has 0 fully saturated rings. The number of carbonyl (C=O) groups excluding carboxylic acids is 1. The predicted molar refractivity (Wildman–Crippen MR) is 106 cm³/mol. The van der Waals surface area contributed by atoms with Crippen molar-refractivity contribution in [1.82, 2.24) is 4.72 Å². The van der Waals surface area contributed by atoms with Gasteiger partial charge in [-0.1, -0.05) is 30.3 Å². The third-order valence-corrected chi connectivity index (χ3v) is 4.51. The fourth-order valence-electron chi connectivity index (χ4n) is 2.18. The summed E-state index contributed by atoms with van der Waals surface area (Å²) < 4.78 is 22.2. The predicted octanol–water partition coefficient (Wildman–Crippen LogP) is 3.49. The van der Waals surface area contributed by atoms with E-state index in [0.717, 1.165) is 23.8 Å². The van der Waals surface area contributed by atoms with E-state index in [0.29, 0.717) is 18.7 Å². The molecule has 0 aliphatic heterocycles. The van der Waals surface area contributed by atoms with Crippen LogP contribution in [0, 0.1) is 11.2 Å². The molecule has 0 spiro atoms. The first kappa shape index (κ1) is 19.8. The quantitative estimate of drug-likeness (QED) is 0.211. The lowest BCUT2D eigenvalue weighted by Crippen LogP contribution is -2.18. The Morgan fingerprint density at radius 3 is 2.81 bits per heavy atom. The number of ether oxygens (including phenoxy) is 1. The molecule has 0 unspecified atom stereocenters. The maximum absolute atomic E-state index is 14.5. The molecular formula is C17H17FN4O2S2. The Bertz CT molecular complexity index is 803. The minimum atomic E-state index is -0.494. The molecule has 0 bridgehead atoms. The van der Waals surface area contributed by atoms with Crippen LogP contribution in [0.25, 0.3) is 0 Å². The number of carbonyl (C=O) groups is 1. The molecule has 0 heterocycles. The summed E-state index contributed by atoms with van der Waals surface area (Å²) in [7, 11) is 1.78. The van der Waals surface area contributed by atoms with E-state index < -0.39 is 5.82 Å². The molecule has 0 atom stereocenters. The summed E-state index contributed by atoms with van der Waals surface area (Å²) in [6.07, 6.45) is 0.814. The summed E-state index contributed by atoms with van der Waals surface area (Å²) in [6, 6.07) is 12.4. The third kappa shape index (κ3) is 5.50. The van der Waals surface area contributed by atoms with Gasteiger partial charge in [0.1, 0.15) is 12.2 Å². The zero-order valence-electron chi connectivity index (χ0n) is 13.8. The molecule has 26 heavy (non-hydrogen) atoms. The molecule has 2 rings (SSSR count). The van der Waals surface area contributed by atoms with Crippen molar-refractivity contribution in [3.63, 3.8) is 0 Å². The van der Waals surface area contributed by atoms with Crippen molar-refractivity contribution in [2.24, 2.45) is 4.99 Å². The number of rotatable bonds is 8. The average molecular weight is 392 g/mol. The number of nitrogens with zero attached hydrogens (tertiary/aromatic N) is 2. The number of benzene rings is 2. The fraction of sp³-hybridized carbons (Fsp3) is 0.118. The van der Waals surface area contributed by atoms with Crippen molar-refractivity contribution in [3.05, 3.63) is 53.8 Å². The summed E-state index contributed by atoms with van der Waals surface area (Å²) in [5.41, 5.74) is 1.48. The first-order valence-electron chi connectivity index (χ1n) is 7.42. The van der Waals surface area contributed by atoms with Gasteiger partial charge in [0, 0.05) is 25.7 Å². The highest BCUT2D eigenvalue weighted by Gasteiger charge is 2.16. The number of anilines is 1. The van der Waals surface area contributed by atoms with Gasteiger partial charge in [-0.25, -0.2) is 9.38 Å². The number of halogens is 1. The first-order valence-corrected chi connectivity index (χ1v) is 8.69. The molecule has 2 N–H and O–H groups in total. The standard InChI is InChI=1S/C17H17FN4O2S2/c1-22(9-12-5-3-2-4-6-12)14-7-13(18)16(8-15(14)24-11-23)26-21-17(25)20-10-19/h2-8,10-11H,9H2,1H3,(H3,19,20,21,25). The van der Waals surface area contributed by atoms with Gasteiger partial charge in [0.15, 0.2) is 10.9 Å². The van der Waals surface area contributed by atoms with Crippen LogP contribution in [0.2, 0.25) is 0 Å². The lowest BCUT2D eigenvalue weighted by Gasteiger charge is -2.22. The normalized spacial score (nSPS) is 11.0. The van der Waals surface area contributed by atoms with Gasteiger partial charge in [0.05, 0.1) is 10.6 Å². The van der Waals surface area contributed by atoms with E-state index in [1.165, 1.54) is 12.1 Å². The van der Waals surface area contributed by atoms with E-state index in [-0.39, 0.29) is 15.8 Å². The lowest BCUT2D eigenvalue weighted by molar-refractivity contribution is -0.120. The zero-order chi connectivity index (χ0) is 18.9. The number of nitrogens with one attached hydrogen (secondary N) is 2. The second kappa shape index (κ2) is 9.83. The Morgan fingerprint density at radius 2 is 2.15 bits per heavy atom. The van der Waals surface area contributed by atoms with Crippen LogP contribution in [-0.2, 0) is 11.3 Å². The number of amidine groups is 1. The summed E-state index contributed by atoms with van der Waals surface area (Å²) in [6.45, 7) is 0.822. The van der Waals surface area contributed by atoms with Crippen molar-refractivity contribution >= 4 is 48.2 Å². The van der Waals surface area contributed by atoms with E-state index >= 15 is 0 Å². The average Bonchev–Trinajstić information content (AvgIpc) is 2.63. The largest absolute Gasteiger partial charge is 0.426 e. The van der Waals surface area contributed by atoms with Gasteiger partial charge < -0.3 is 14.4 Å². The SMILES string of the molecule is CN(Cc1ccccc1)c1cc(F)c(SN/C(S)=N/C=N)cc1OC=O. The molecule has 0 aromatic heterocycles. The van der Waals surface area contributed by atoms with Crippen molar-refractivity contribution in [3.8, 4) is 5.75 Å². The maximum atomic E-state index is 14.5. The zero-order valence-corrected chi connectivity index (χ0v) is 15.6. The molecule has 0 amide bonds. The van der Waals surface area contributed by atoms with E-state index in [1.54, 1.807) is 11.9 Å². The monoisotopic (exact) mass is 392 g/mol. The van der Waals surface area contributed by atoms with Crippen LogP contribution in [-0.4, -0.2) is 25.0 Å². The number of hydrogen-bond donors (Lipinski definition) is 3. The van der Waals surface area contributed by atoms with E-state index in [1.807, 2.05) is 30.3 Å². The van der Waals surface area contributed by atoms with Crippen LogP contribution < -0.4 is 14.4 Å². The third-order valence-electron chi connectivity index (χ3n) is 3.30. The second-order valence-corrected chi connectivity index (χ2v) is 6.36. The summed E-state index contributed by atoms with van der Waals surface area (Å²) in [4.78, 5) is 16.4. The number of aliphatic imine (C=N–C) groups is 1. The molecule has 6 nitrogen and oxygen atoms in total. The molecule has 0 aliphatic carbocycles. The van der Waals surface area contributed by atoms with Gasteiger partial charge in [-0.2, -0.15) is 0 Å². The molecular weight excluding hydrogens is 375 g/mol. The number of hydrogen-bond acceptors (Lipinski definition) is 5. The Kier molecular flexibility index (Phi) is 7.49. The lowest BCUT2D eigenvalue weighted by atomic mass is 10.2. The molecule has 0 aliphatic rings. The highest BCUT2D eigenvalue weighted by molar-refractivity contribution is 8.03. The van der Waals surface area contributed by atoms with Crippen LogP contribution in [0.3, 0.4) is 0 Å². The minimum Gasteiger partial charge on any atom is -0.426 e. The Labute approximate surface area is 160 Å². The molecule has 0 saturated carbocycles. The van der Waals surface area contributed by atoms with Crippen LogP contribution in [0.4, 0.5) is 10.1 Å². The molecule has 136 valence electrons. The van der Waals surface area contributed by atoms with E-state index in [2.05, 4.69) is 22.3 Å². The van der Waals surface area contributed by atoms with Crippen molar-refractivity contribution in [2.75, 3.05) is 11.9 Å².